The summed E-state index contributed by atoms with van der Waals surface area (Å²) in [5, 5.41) is 11.9. The summed E-state index contributed by atoms with van der Waals surface area (Å²) >= 11 is 1.66. The van der Waals surface area contributed by atoms with E-state index in [4.69, 9.17) is 4.74 Å². The summed E-state index contributed by atoms with van der Waals surface area (Å²) in [5.74, 6) is 0.820. The van der Waals surface area contributed by atoms with Gasteiger partial charge in [0.05, 0.1) is 18.1 Å². The number of methoxy groups -OCH3 is 1. The second-order valence-corrected chi connectivity index (χ2v) is 6.08. The van der Waals surface area contributed by atoms with Gasteiger partial charge in [-0.15, -0.1) is 0 Å². The molecule has 0 spiro atoms. The number of rotatable bonds is 4. The molecule has 1 heterocycles. The molecule has 0 saturated carbocycles. The zero-order valence-corrected chi connectivity index (χ0v) is 13.5. The van der Waals surface area contributed by atoms with Gasteiger partial charge in [-0.3, -0.25) is 10.1 Å². The van der Waals surface area contributed by atoms with Crippen molar-refractivity contribution in [1.82, 2.24) is 0 Å². The SMILES string of the molecule is COc1ccc2sc(C=Cc3cccc([N+](=O)[O-])c3)[n+](C)c2c1. The van der Waals surface area contributed by atoms with Crippen LogP contribution in [0.15, 0.2) is 42.5 Å². The van der Waals surface area contributed by atoms with E-state index in [1.165, 1.54) is 6.07 Å². The van der Waals surface area contributed by atoms with Crippen LogP contribution in [0.2, 0.25) is 0 Å². The van der Waals surface area contributed by atoms with Gasteiger partial charge in [-0.25, -0.2) is 0 Å². The minimum atomic E-state index is -0.386. The molecule has 23 heavy (non-hydrogen) atoms. The second-order valence-electron chi connectivity index (χ2n) is 5.02. The normalized spacial score (nSPS) is 11.2. The lowest BCUT2D eigenvalue weighted by atomic mass is 10.2. The number of fused-ring (bicyclic) bond motifs is 1. The molecule has 3 aromatic rings. The van der Waals surface area contributed by atoms with Crippen molar-refractivity contribution in [2.24, 2.45) is 7.05 Å². The van der Waals surface area contributed by atoms with E-state index >= 15 is 0 Å². The summed E-state index contributed by atoms with van der Waals surface area (Å²) in [6.07, 6.45) is 3.85. The third-order valence-corrected chi connectivity index (χ3v) is 4.76. The average molecular weight is 327 g/mol. The third kappa shape index (κ3) is 3.07. The van der Waals surface area contributed by atoms with Crippen molar-refractivity contribution >= 4 is 39.4 Å². The second kappa shape index (κ2) is 6.18. The van der Waals surface area contributed by atoms with Crippen LogP contribution in [0.3, 0.4) is 0 Å². The fourth-order valence-electron chi connectivity index (χ4n) is 2.33. The molecule has 1 aromatic heterocycles. The predicted molar refractivity (Wildman–Crippen MR) is 91.6 cm³/mol. The Morgan fingerprint density at radius 2 is 2.04 bits per heavy atom. The Hall–Kier alpha value is -2.73. The summed E-state index contributed by atoms with van der Waals surface area (Å²) in [6.45, 7) is 0. The van der Waals surface area contributed by atoms with Crippen LogP contribution in [-0.2, 0) is 7.05 Å². The maximum absolute atomic E-state index is 10.8. The van der Waals surface area contributed by atoms with Crippen LogP contribution in [0.4, 0.5) is 5.69 Å². The van der Waals surface area contributed by atoms with Gasteiger partial charge in [0.2, 0.25) is 5.52 Å². The minimum absolute atomic E-state index is 0.0950. The summed E-state index contributed by atoms with van der Waals surface area (Å²) in [4.78, 5) is 10.4. The van der Waals surface area contributed by atoms with Gasteiger partial charge in [-0.2, -0.15) is 4.57 Å². The fourth-order valence-corrected chi connectivity index (χ4v) is 3.36. The van der Waals surface area contributed by atoms with Gasteiger partial charge in [0.25, 0.3) is 10.7 Å². The minimum Gasteiger partial charge on any atom is -0.497 e. The molecule has 0 unspecified atom stereocenters. The van der Waals surface area contributed by atoms with E-state index in [0.717, 1.165) is 26.5 Å². The van der Waals surface area contributed by atoms with Crippen molar-refractivity contribution in [2.45, 2.75) is 0 Å². The predicted octanol–water partition coefficient (Wildman–Crippen LogP) is 3.81. The monoisotopic (exact) mass is 327 g/mol. The molecular formula is C17H15N2O3S+. The first-order valence-electron chi connectivity index (χ1n) is 6.97. The smallest absolute Gasteiger partial charge is 0.270 e. The van der Waals surface area contributed by atoms with Crippen LogP contribution in [0, 0.1) is 10.1 Å². The zero-order chi connectivity index (χ0) is 16.4. The zero-order valence-electron chi connectivity index (χ0n) is 12.7. The largest absolute Gasteiger partial charge is 0.497 e. The van der Waals surface area contributed by atoms with Gasteiger partial charge in [0.15, 0.2) is 0 Å². The number of aryl methyl sites for hydroxylation is 1. The highest BCUT2D eigenvalue weighted by atomic mass is 32.1. The van der Waals surface area contributed by atoms with E-state index in [1.807, 2.05) is 43.5 Å². The lowest BCUT2D eigenvalue weighted by Gasteiger charge is -1.96. The number of thiazole rings is 1. The highest BCUT2D eigenvalue weighted by Gasteiger charge is 2.15. The van der Waals surface area contributed by atoms with E-state index in [1.54, 1.807) is 30.6 Å². The lowest BCUT2D eigenvalue weighted by molar-refractivity contribution is -0.642. The van der Waals surface area contributed by atoms with Crippen molar-refractivity contribution in [3.8, 4) is 5.75 Å². The molecule has 3 rings (SSSR count). The van der Waals surface area contributed by atoms with E-state index in [2.05, 4.69) is 4.57 Å². The number of hydrogen-bond donors (Lipinski definition) is 0. The fraction of sp³-hybridized carbons (Fsp3) is 0.118. The summed E-state index contributed by atoms with van der Waals surface area (Å²) < 4.78 is 8.50. The molecule has 0 saturated heterocycles. The van der Waals surface area contributed by atoms with E-state index in [9.17, 15) is 10.1 Å². The standard InChI is InChI=1S/C17H15N2O3S/c1-18-15-11-14(22-2)7-8-16(15)23-17(18)9-6-12-4-3-5-13(10-12)19(20)21/h3-11H,1-2H3/q+1. The van der Waals surface area contributed by atoms with Gasteiger partial charge >= 0.3 is 0 Å². The van der Waals surface area contributed by atoms with Crippen LogP contribution < -0.4 is 9.30 Å². The number of nitrogens with zero attached hydrogens (tertiary/aromatic N) is 2. The Labute approximate surface area is 137 Å². The Balaban J connectivity index is 1.96. The Bertz CT molecular complexity index is 915. The molecule has 0 amide bonds. The van der Waals surface area contributed by atoms with Crippen molar-refractivity contribution in [2.75, 3.05) is 7.11 Å². The van der Waals surface area contributed by atoms with Crippen molar-refractivity contribution in [3.63, 3.8) is 0 Å². The van der Waals surface area contributed by atoms with Crippen molar-refractivity contribution < 1.29 is 14.2 Å². The van der Waals surface area contributed by atoms with Gasteiger partial charge in [0, 0.05) is 18.2 Å². The number of benzene rings is 2. The highest BCUT2D eigenvalue weighted by Crippen LogP contribution is 2.25. The molecule has 0 fully saturated rings. The molecule has 6 heteroatoms. The topological polar surface area (TPSA) is 56.3 Å². The third-order valence-electron chi connectivity index (χ3n) is 3.57. The maximum Gasteiger partial charge on any atom is 0.270 e. The number of ether oxygens (including phenoxy) is 1. The molecule has 0 radical (unpaired) electrons. The van der Waals surface area contributed by atoms with Gasteiger partial charge in [0.1, 0.15) is 17.5 Å². The van der Waals surface area contributed by atoms with Crippen LogP contribution in [0.25, 0.3) is 22.4 Å². The molecule has 0 aliphatic rings. The van der Waals surface area contributed by atoms with E-state index < -0.39 is 0 Å². The lowest BCUT2D eigenvalue weighted by Crippen LogP contribution is -2.28. The molecule has 116 valence electrons. The van der Waals surface area contributed by atoms with Crippen LogP contribution in [0.5, 0.6) is 5.75 Å². The molecular weight excluding hydrogens is 312 g/mol. The van der Waals surface area contributed by atoms with E-state index in [-0.39, 0.29) is 10.6 Å². The molecule has 0 atom stereocenters. The van der Waals surface area contributed by atoms with Crippen molar-refractivity contribution in [1.29, 1.82) is 0 Å². The molecule has 0 aliphatic carbocycles. The van der Waals surface area contributed by atoms with Crippen LogP contribution in [-0.4, -0.2) is 12.0 Å². The number of nitro groups is 1. The Kier molecular flexibility index (Phi) is 4.08. The Morgan fingerprint density at radius 3 is 2.78 bits per heavy atom. The van der Waals surface area contributed by atoms with Crippen molar-refractivity contribution in [3.05, 3.63) is 63.1 Å². The summed E-state index contributed by atoms with van der Waals surface area (Å²) in [5.41, 5.74) is 1.99. The van der Waals surface area contributed by atoms with Crippen LogP contribution >= 0.6 is 11.3 Å². The number of non-ortho nitro benzene ring substituents is 1. The summed E-state index contributed by atoms with van der Waals surface area (Å²) in [7, 11) is 3.64. The highest BCUT2D eigenvalue weighted by molar-refractivity contribution is 7.18. The molecule has 0 bridgehead atoms. The van der Waals surface area contributed by atoms with Gasteiger partial charge in [-0.05, 0) is 23.8 Å². The first-order valence-corrected chi connectivity index (χ1v) is 7.79. The molecule has 5 nitrogen and oxygen atoms in total. The molecule has 0 N–H and O–H groups in total. The number of nitro benzene ring substituents is 1. The van der Waals surface area contributed by atoms with E-state index in [0.29, 0.717) is 0 Å². The van der Waals surface area contributed by atoms with Gasteiger partial charge in [-0.1, -0.05) is 23.5 Å². The Morgan fingerprint density at radius 1 is 1.22 bits per heavy atom. The summed E-state index contributed by atoms with van der Waals surface area (Å²) in [6, 6.07) is 12.6. The first-order chi connectivity index (χ1) is 11.1. The number of aromatic nitrogens is 1. The van der Waals surface area contributed by atoms with Crippen LogP contribution in [0.1, 0.15) is 10.6 Å². The maximum atomic E-state index is 10.8. The quantitative estimate of drug-likeness (QED) is 0.416. The number of hydrogen-bond acceptors (Lipinski definition) is 4. The molecule has 0 aliphatic heterocycles. The van der Waals surface area contributed by atoms with Gasteiger partial charge < -0.3 is 4.74 Å². The average Bonchev–Trinajstić information content (AvgIpc) is 2.89. The molecule has 2 aromatic carbocycles. The first kappa shape index (κ1) is 15.2.